The van der Waals surface area contributed by atoms with Crippen molar-refractivity contribution in [3.8, 4) is 0 Å². The second-order valence-corrected chi connectivity index (χ2v) is 9.66. The van der Waals surface area contributed by atoms with E-state index < -0.39 is 15.6 Å². The molecule has 3 nitrogen and oxygen atoms in total. The summed E-state index contributed by atoms with van der Waals surface area (Å²) < 4.78 is 16.4. The quantitative estimate of drug-likeness (QED) is 0.641. The molecule has 0 radical (unpaired) electrons. The molecule has 1 saturated heterocycles. The Kier molecular flexibility index (Phi) is 3.22. The Morgan fingerprint density at radius 1 is 1.15 bits per heavy atom. The van der Waals surface area contributed by atoms with E-state index in [4.69, 9.17) is 13.7 Å². The fourth-order valence-electron chi connectivity index (χ4n) is 0.822. The van der Waals surface area contributed by atoms with Crippen LogP contribution in [0.5, 0.6) is 0 Å². The van der Waals surface area contributed by atoms with E-state index in [0.717, 1.165) is 0 Å². The first kappa shape index (κ1) is 11.2. The number of hydrogen-bond donors (Lipinski definition) is 0. The predicted octanol–water partition coefficient (Wildman–Crippen LogP) is 2.04. The molecule has 76 valence electrons. The second-order valence-electron chi connectivity index (χ2n) is 4.91. The highest BCUT2D eigenvalue weighted by Crippen LogP contribution is 2.37. The van der Waals surface area contributed by atoms with Gasteiger partial charge in [-0.15, -0.1) is 0 Å². The van der Waals surface area contributed by atoms with Gasteiger partial charge in [0.25, 0.3) is 0 Å². The summed E-state index contributed by atoms with van der Waals surface area (Å²) in [5.74, 6) is 0. The third kappa shape index (κ3) is 2.80. The molecule has 0 aliphatic carbocycles. The van der Waals surface area contributed by atoms with Crippen molar-refractivity contribution in [2.75, 3.05) is 13.2 Å². The van der Waals surface area contributed by atoms with E-state index in [-0.39, 0.29) is 5.04 Å². The Hall–Kier alpha value is 0.162. The maximum atomic E-state index is 5.86. The normalized spacial score (nSPS) is 19.6. The van der Waals surface area contributed by atoms with Crippen LogP contribution in [0.3, 0.4) is 0 Å². The molecule has 1 rings (SSSR count). The summed E-state index contributed by atoms with van der Waals surface area (Å²) in [7, 11) is -2.14. The van der Waals surface area contributed by atoms with Gasteiger partial charge in [-0.05, 0) is 18.1 Å². The molecular formula is C8H19BO3Si. The Labute approximate surface area is 82.1 Å². The summed E-state index contributed by atoms with van der Waals surface area (Å²) in [5.41, 5.74) is 0. The van der Waals surface area contributed by atoms with Crippen LogP contribution < -0.4 is 0 Å². The van der Waals surface area contributed by atoms with Gasteiger partial charge in [-0.2, -0.15) is 0 Å². The molecule has 0 amide bonds. The van der Waals surface area contributed by atoms with E-state index in [2.05, 4.69) is 33.9 Å². The fraction of sp³-hybridized carbons (Fsp3) is 1.00. The van der Waals surface area contributed by atoms with Crippen molar-refractivity contribution < 1.29 is 13.7 Å². The molecule has 0 N–H and O–H groups in total. The molecule has 0 aromatic rings. The van der Waals surface area contributed by atoms with Crippen molar-refractivity contribution in [2.24, 2.45) is 0 Å². The predicted molar refractivity (Wildman–Crippen MR) is 55.9 cm³/mol. The van der Waals surface area contributed by atoms with Crippen molar-refractivity contribution in [3.05, 3.63) is 0 Å². The Morgan fingerprint density at radius 2 is 1.62 bits per heavy atom. The molecule has 0 bridgehead atoms. The van der Waals surface area contributed by atoms with Gasteiger partial charge < -0.3 is 13.7 Å². The van der Waals surface area contributed by atoms with Gasteiger partial charge in [0.1, 0.15) is 0 Å². The van der Waals surface area contributed by atoms with Crippen LogP contribution in [0, 0.1) is 0 Å². The lowest BCUT2D eigenvalue weighted by Crippen LogP contribution is -2.46. The van der Waals surface area contributed by atoms with E-state index in [1.54, 1.807) is 0 Å². The van der Waals surface area contributed by atoms with E-state index in [1.807, 2.05) is 0 Å². The van der Waals surface area contributed by atoms with Crippen LogP contribution >= 0.6 is 0 Å². The summed E-state index contributed by atoms with van der Waals surface area (Å²) in [6.07, 6.45) is 0. The smallest absolute Gasteiger partial charge is 0.428 e. The molecule has 5 heteroatoms. The average Bonchev–Trinajstić information content (AvgIpc) is 2.35. The lowest BCUT2D eigenvalue weighted by Gasteiger charge is -2.36. The van der Waals surface area contributed by atoms with E-state index in [0.29, 0.717) is 13.2 Å². The lowest BCUT2D eigenvalue weighted by atomic mass is 10.2. The Morgan fingerprint density at radius 3 is 2.00 bits per heavy atom. The van der Waals surface area contributed by atoms with Crippen LogP contribution in [-0.2, 0) is 13.7 Å². The summed E-state index contributed by atoms with van der Waals surface area (Å²) in [5, 5.41) is 0.211. The first-order valence-electron chi connectivity index (χ1n) is 4.74. The van der Waals surface area contributed by atoms with Gasteiger partial charge in [0.05, 0.1) is 13.2 Å². The maximum absolute atomic E-state index is 5.86. The molecule has 1 aliphatic heterocycles. The summed E-state index contributed by atoms with van der Waals surface area (Å²) in [4.78, 5) is 0. The highest BCUT2D eigenvalue weighted by atomic mass is 28.4. The summed E-state index contributed by atoms with van der Waals surface area (Å²) >= 11 is 0. The third-order valence-corrected chi connectivity index (χ3v) is 7.18. The standard InChI is InChI=1S/C8H19BO3Si/c1-8(2,3)13(4,5)12-9-10-6-7-11-9/h6-7H2,1-5H3. The fourth-order valence-corrected chi connectivity index (χ4v) is 1.79. The summed E-state index contributed by atoms with van der Waals surface area (Å²) in [6.45, 7) is 12.3. The Balaban J connectivity index is 2.50. The summed E-state index contributed by atoms with van der Waals surface area (Å²) in [6, 6.07) is 0. The van der Waals surface area contributed by atoms with Gasteiger partial charge >= 0.3 is 7.32 Å². The minimum absolute atomic E-state index is 0.211. The molecule has 13 heavy (non-hydrogen) atoms. The molecule has 1 aliphatic rings. The molecule has 0 spiro atoms. The van der Waals surface area contributed by atoms with Gasteiger partial charge in [0, 0.05) is 0 Å². The van der Waals surface area contributed by atoms with Crippen LogP contribution in [-0.4, -0.2) is 28.9 Å². The van der Waals surface area contributed by atoms with Gasteiger partial charge in [-0.25, -0.2) is 0 Å². The largest absolute Gasteiger partial charge is 0.628 e. The SMILES string of the molecule is CC(C)(C)[Si](C)(C)OB1OCCO1. The van der Waals surface area contributed by atoms with Gasteiger partial charge in [0.15, 0.2) is 8.32 Å². The highest BCUT2D eigenvalue weighted by Gasteiger charge is 2.43. The lowest BCUT2D eigenvalue weighted by molar-refractivity contribution is 0.261. The highest BCUT2D eigenvalue weighted by molar-refractivity contribution is 6.78. The molecule has 1 fully saturated rings. The topological polar surface area (TPSA) is 27.7 Å². The van der Waals surface area contributed by atoms with Crippen molar-refractivity contribution in [3.63, 3.8) is 0 Å². The molecule has 0 aromatic carbocycles. The second kappa shape index (κ2) is 3.73. The molecule has 0 atom stereocenters. The van der Waals surface area contributed by atoms with Crippen molar-refractivity contribution in [2.45, 2.75) is 38.9 Å². The van der Waals surface area contributed by atoms with E-state index in [1.165, 1.54) is 0 Å². The average molecular weight is 202 g/mol. The zero-order chi connectivity index (χ0) is 10.1. The van der Waals surface area contributed by atoms with Crippen molar-refractivity contribution in [1.29, 1.82) is 0 Å². The molecule has 0 saturated carbocycles. The molecule has 1 heterocycles. The van der Waals surface area contributed by atoms with Gasteiger partial charge in [-0.1, -0.05) is 20.8 Å². The Bertz CT molecular complexity index is 173. The number of hydrogen-bond acceptors (Lipinski definition) is 3. The minimum Gasteiger partial charge on any atom is -0.428 e. The number of rotatable bonds is 2. The molecule has 0 aromatic heterocycles. The van der Waals surface area contributed by atoms with Crippen LogP contribution in [0.15, 0.2) is 0 Å². The zero-order valence-electron chi connectivity index (χ0n) is 9.22. The van der Waals surface area contributed by atoms with E-state index in [9.17, 15) is 0 Å². The first-order valence-corrected chi connectivity index (χ1v) is 7.65. The molecule has 0 unspecified atom stereocenters. The third-order valence-electron chi connectivity index (χ3n) is 2.79. The van der Waals surface area contributed by atoms with Gasteiger partial charge in [0.2, 0.25) is 0 Å². The zero-order valence-corrected chi connectivity index (χ0v) is 10.2. The molecular weight excluding hydrogens is 183 g/mol. The van der Waals surface area contributed by atoms with Crippen LogP contribution in [0.4, 0.5) is 0 Å². The first-order chi connectivity index (χ1) is 5.83. The minimum atomic E-state index is -1.72. The van der Waals surface area contributed by atoms with E-state index >= 15 is 0 Å². The van der Waals surface area contributed by atoms with Crippen LogP contribution in [0.2, 0.25) is 18.1 Å². The maximum Gasteiger partial charge on any atom is 0.628 e. The van der Waals surface area contributed by atoms with Crippen LogP contribution in [0.25, 0.3) is 0 Å². The van der Waals surface area contributed by atoms with Crippen LogP contribution in [0.1, 0.15) is 20.8 Å². The van der Waals surface area contributed by atoms with Crippen molar-refractivity contribution in [1.82, 2.24) is 0 Å². The van der Waals surface area contributed by atoms with Crippen molar-refractivity contribution >= 4 is 15.6 Å². The van der Waals surface area contributed by atoms with Gasteiger partial charge in [-0.3, -0.25) is 0 Å². The monoisotopic (exact) mass is 202 g/mol.